The molecule has 0 saturated heterocycles. The maximum atomic E-state index is 14.1. The van der Waals surface area contributed by atoms with Crippen LogP contribution in [0.15, 0.2) is 18.2 Å². The Bertz CT molecular complexity index is 864. The number of pyridine rings is 1. The molecular formula is C17H17Cl2FN2O5. The largest absolute Gasteiger partial charge is 0.508 e. The first kappa shape index (κ1) is 21.0. The summed E-state index contributed by atoms with van der Waals surface area (Å²) in [4.78, 5) is 14.5. The van der Waals surface area contributed by atoms with Crippen LogP contribution in [-0.2, 0) is 4.79 Å². The summed E-state index contributed by atoms with van der Waals surface area (Å²) in [6.07, 6.45) is 0. The zero-order valence-corrected chi connectivity index (χ0v) is 15.8. The topological polar surface area (TPSA) is 112 Å². The van der Waals surface area contributed by atoms with Gasteiger partial charge in [-0.3, -0.25) is 0 Å². The first-order valence-electron chi connectivity index (χ1n) is 7.81. The van der Waals surface area contributed by atoms with Gasteiger partial charge in [-0.25, -0.2) is 4.79 Å². The third kappa shape index (κ3) is 4.71. The molecule has 1 aromatic carbocycles. The van der Waals surface area contributed by atoms with Crippen LogP contribution in [0.4, 0.5) is 10.2 Å². The minimum atomic E-state index is -1.45. The van der Waals surface area contributed by atoms with E-state index in [0.717, 1.165) is 0 Å². The maximum Gasteiger partial charge on any atom is 0.328 e. The zero-order chi connectivity index (χ0) is 20.3. The standard InChI is InChI=1S/C17H17Cl2FN2O5/c1-7(2)9-5-8(3-4-11(9)24)27-14-12(18)15(20)22-16(13(14)19)21-10(6-23)17(25)26/h3-5,7,10,23-24H,6H2,1-2H3,(H,21,22)(H,25,26)/t10-/m1/s1. The number of carboxylic acids is 1. The molecule has 1 aromatic heterocycles. The van der Waals surface area contributed by atoms with Crippen molar-refractivity contribution in [3.05, 3.63) is 39.8 Å². The van der Waals surface area contributed by atoms with E-state index in [1.807, 2.05) is 13.8 Å². The van der Waals surface area contributed by atoms with Crippen molar-refractivity contribution in [1.29, 1.82) is 0 Å². The first-order valence-corrected chi connectivity index (χ1v) is 8.56. The van der Waals surface area contributed by atoms with Crippen molar-refractivity contribution in [3.63, 3.8) is 0 Å². The van der Waals surface area contributed by atoms with Crippen LogP contribution >= 0.6 is 23.2 Å². The normalized spacial score (nSPS) is 12.1. The van der Waals surface area contributed by atoms with Crippen molar-refractivity contribution < 1.29 is 29.2 Å². The van der Waals surface area contributed by atoms with E-state index in [1.54, 1.807) is 6.07 Å². The van der Waals surface area contributed by atoms with Gasteiger partial charge in [-0.1, -0.05) is 37.0 Å². The predicted octanol–water partition coefficient (Wildman–Crippen LogP) is 4.01. The Morgan fingerprint density at radius 2 is 2.00 bits per heavy atom. The highest BCUT2D eigenvalue weighted by molar-refractivity contribution is 6.38. The Balaban J connectivity index is 2.45. The lowest BCUT2D eigenvalue weighted by atomic mass is 10.0. The quantitative estimate of drug-likeness (QED) is 0.502. The number of aliphatic carboxylic acids is 1. The molecule has 0 amide bonds. The van der Waals surface area contributed by atoms with Gasteiger partial charge in [0.25, 0.3) is 0 Å². The number of phenolic OH excluding ortho intramolecular Hbond substituents is 1. The lowest BCUT2D eigenvalue weighted by Gasteiger charge is -2.17. The lowest BCUT2D eigenvalue weighted by molar-refractivity contribution is -0.138. The summed E-state index contributed by atoms with van der Waals surface area (Å²) in [7, 11) is 0. The monoisotopic (exact) mass is 418 g/mol. The average Bonchev–Trinajstić information content (AvgIpc) is 2.61. The number of hydrogen-bond acceptors (Lipinski definition) is 6. The van der Waals surface area contributed by atoms with Gasteiger partial charge >= 0.3 is 5.97 Å². The molecule has 0 bridgehead atoms. The number of aliphatic hydroxyl groups is 1. The molecule has 0 unspecified atom stereocenters. The van der Waals surface area contributed by atoms with Crippen LogP contribution in [0.5, 0.6) is 17.2 Å². The third-order valence-corrected chi connectivity index (χ3v) is 4.31. The van der Waals surface area contributed by atoms with Gasteiger partial charge in [-0.05, 0) is 24.1 Å². The number of benzene rings is 1. The fourth-order valence-electron chi connectivity index (χ4n) is 2.21. The summed E-state index contributed by atoms with van der Waals surface area (Å²) in [5.74, 6) is -2.85. The Morgan fingerprint density at radius 1 is 1.33 bits per heavy atom. The van der Waals surface area contributed by atoms with Gasteiger partial charge in [0.05, 0.1) is 6.61 Å². The lowest BCUT2D eigenvalue weighted by Crippen LogP contribution is -2.33. The van der Waals surface area contributed by atoms with Crippen molar-refractivity contribution in [2.75, 3.05) is 11.9 Å². The number of nitrogens with one attached hydrogen (secondary N) is 1. The molecule has 27 heavy (non-hydrogen) atoms. The van der Waals surface area contributed by atoms with E-state index in [1.165, 1.54) is 12.1 Å². The number of anilines is 1. The van der Waals surface area contributed by atoms with Crippen LogP contribution in [0.2, 0.25) is 10.0 Å². The molecule has 0 aliphatic rings. The predicted molar refractivity (Wildman–Crippen MR) is 98.6 cm³/mol. The number of hydrogen-bond donors (Lipinski definition) is 4. The van der Waals surface area contributed by atoms with Crippen molar-refractivity contribution in [2.45, 2.75) is 25.8 Å². The highest BCUT2D eigenvalue weighted by Gasteiger charge is 2.24. The summed E-state index contributed by atoms with van der Waals surface area (Å²) in [6, 6.07) is 2.94. The fraction of sp³-hybridized carbons (Fsp3) is 0.294. The van der Waals surface area contributed by atoms with E-state index < -0.39 is 29.6 Å². The Morgan fingerprint density at radius 3 is 2.56 bits per heavy atom. The SMILES string of the molecule is CC(C)c1cc(Oc2c(Cl)c(F)nc(N[C@H](CO)C(=O)O)c2Cl)ccc1O. The average molecular weight is 419 g/mol. The van der Waals surface area contributed by atoms with Crippen LogP contribution in [-0.4, -0.2) is 38.9 Å². The summed E-state index contributed by atoms with van der Waals surface area (Å²) in [5.41, 5.74) is 0.596. The Kier molecular flexibility index (Phi) is 6.69. The van der Waals surface area contributed by atoms with Gasteiger partial charge in [0.2, 0.25) is 5.95 Å². The molecule has 1 heterocycles. The maximum absolute atomic E-state index is 14.1. The highest BCUT2D eigenvalue weighted by atomic mass is 35.5. The Hall–Kier alpha value is -2.29. The van der Waals surface area contributed by atoms with E-state index in [4.69, 9.17) is 38.2 Å². The van der Waals surface area contributed by atoms with E-state index >= 15 is 0 Å². The van der Waals surface area contributed by atoms with E-state index in [0.29, 0.717) is 5.56 Å². The molecule has 2 aromatic rings. The van der Waals surface area contributed by atoms with Gasteiger partial charge in [0, 0.05) is 5.56 Å². The van der Waals surface area contributed by atoms with Gasteiger partial charge in [-0.2, -0.15) is 9.37 Å². The fourth-order valence-corrected chi connectivity index (χ4v) is 2.66. The number of rotatable bonds is 7. The summed E-state index contributed by atoms with van der Waals surface area (Å²) >= 11 is 12.0. The second-order valence-electron chi connectivity index (χ2n) is 5.90. The molecular weight excluding hydrogens is 402 g/mol. The molecule has 0 aliphatic carbocycles. The smallest absolute Gasteiger partial charge is 0.328 e. The number of aliphatic hydroxyl groups excluding tert-OH is 1. The minimum absolute atomic E-state index is 0.00761. The number of nitrogens with zero attached hydrogens (tertiary/aromatic N) is 1. The first-order chi connectivity index (χ1) is 12.6. The van der Waals surface area contributed by atoms with Crippen LogP contribution in [0.25, 0.3) is 0 Å². The molecule has 10 heteroatoms. The number of phenols is 1. The van der Waals surface area contributed by atoms with Gasteiger partial charge in [-0.15, -0.1) is 0 Å². The van der Waals surface area contributed by atoms with Crippen molar-refractivity contribution in [1.82, 2.24) is 4.98 Å². The molecule has 0 saturated carbocycles. The van der Waals surface area contributed by atoms with Crippen molar-refractivity contribution in [3.8, 4) is 17.2 Å². The van der Waals surface area contributed by atoms with Crippen molar-refractivity contribution >= 4 is 35.0 Å². The van der Waals surface area contributed by atoms with Crippen molar-refractivity contribution in [2.24, 2.45) is 0 Å². The summed E-state index contributed by atoms with van der Waals surface area (Å²) < 4.78 is 19.7. The molecule has 0 spiro atoms. The molecule has 1 atom stereocenters. The second-order valence-corrected chi connectivity index (χ2v) is 6.66. The highest BCUT2D eigenvalue weighted by Crippen LogP contribution is 2.42. The van der Waals surface area contributed by atoms with Crippen LogP contribution < -0.4 is 10.1 Å². The minimum Gasteiger partial charge on any atom is -0.508 e. The van der Waals surface area contributed by atoms with E-state index in [9.17, 15) is 14.3 Å². The number of carbonyl (C=O) groups is 1. The van der Waals surface area contributed by atoms with Crippen LogP contribution in [0, 0.1) is 5.95 Å². The van der Waals surface area contributed by atoms with Gasteiger partial charge < -0.3 is 25.4 Å². The molecule has 7 nitrogen and oxygen atoms in total. The number of aromatic hydroxyl groups is 1. The molecule has 2 rings (SSSR count). The van der Waals surface area contributed by atoms with Gasteiger partial charge in [0.1, 0.15) is 27.6 Å². The van der Waals surface area contributed by atoms with E-state index in [2.05, 4.69) is 10.3 Å². The molecule has 146 valence electrons. The number of aromatic nitrogens is 1. The molecule has 4 N–H and O–H groups in total. The summed E-state index contributed by atoms with van der Waals surface area (Å²) in [5, 5.41) is 29.5. The van der Waals surface area contributed by atoms with Crippen LogP contribution in [0.1, 0.15) is 25.3 Å². The number of carboxylic acid groups (broad SMARTS) is 1. The second kappa shape index (κ2) is 8.60. The van der Waals surface area contributed by atoms with Gasteiger partial charge in [0.15, 0.2) is 11.6 Å². The number of halogens is 3. The molecule has 0 radical (unpaired) electrons. The Labute approximate surface area is 164 Å². The summed E-state index contributed by atoms with van der Waals surface area (Å²) in [6.45, 7) is 2.96. The van der Waals surface area contributed by atoms with Crippen LogP contribution in [0.3, 0.4) is 0 Å². The number of ether oxygens (including phenoxy) is 1. The third-order valence-electron chi connectivity index (χ3n) is 3.63. The molecule has 0 aliphatic heterocycles. The zero-order valence-electron chi connectivity index (χ0n) is 14.3. The van der Waals surface area contributed by atoms with E-state index in [-0.39, 0.29) is 34.0 Å². The molecule has 0 fully saturated rings.